The second-order valence-electron chi connectivity index (χ2n) is 9.76. The number of imidazole rings is 1. The van der Waals surface area contributed by atoms with Crippen molar-refractivity contribution >= 4 is 39.9 Å². The second-order valence-corrected chi connectivity index (χ2v) is 10.1. The Bertz CT molecular complexity index is 1730. The van der Waals surface area contributed by atoms with E-state index in [2.05, 4.69) is 25.4 Å². The predicted molar refractivity (Wildman–Crippen MR) is 142 cm³/mol. The van der Waals surface area contributed by atoms with Crippen molar-refractivity contribution < 1.29 is 9.47 Å². The Labute approximate surface area is 222 Å². The third-order valence-electron chi connectivity index (χ3n) is 7.26. The fourth-order valence-corrected chi connectivity index (χ4v) is 5.31. The lowest BCUT2D eigenvalue weighted by atomic mass is 10.1. The van der Waals surface area contributed by atoms with Gasteiger partial charge < -0.3 is 23.9 Å². The monoisotopic (exact) mass is 532 g/mol. The van der Waals surface area contributed by atoms with Gasteiger partial charge in [0, 0.05) is 44.9 Å². The normalized spacial score (nSPS) is 16.4. The number of aromatic nitrogens is 7. The quantitative estimate of drug-likeness (QED) is 0.338. The van der Waals surface area contributed by atoms with Crippen LogP contribution < -0.4 is 15.6 Å². The highest BCUT2D eigenvalue weighted by atomic mass is 35.5. The van der Waals surface area contributed by atoms with Crippen LogP contribution in [0.3, 0.4) is 0 Å². The summed E-state index contributed by atoms with van der Waals surface area (Å²) in [5, 5.41) is 7.90. The van der Waals surface area contributed by atoms with Crippen LogP contribution >= 0.6 is 11.6 Å². The summed E-state index contributed by atoms with van der Waals surface area (Å²) in [6.07, 6.45) is 14.1. The van der Waals surface area contributed by atoms with Gasteiger partial charge in [-0.15, -0.1) is 0 Å². The van der Waals surface area contributed by atoms with Crippen molar-refractivity contribution in [3.8, 4) is 11.5 Å². The number of nitrogens with one attached hydrogen (secondary N) is 1. The summed E-state index contributed by atoms with van der Waals surface area (Å²) in [6, 6.07) is 2.08. The van der Waals surface area contributed by atoms with E-state index in [1.165, 1.54) is 11.8 Å². The number of ether oxygens (including phenoxy) is 2. The topological polar surface area (TPSA) is 113 Å². The molecule has 0 bridgehead atoms. The molecule has 194 valence electrons. The van der Waals surface area contributed by atoms with E-state index < -0.39 is 0 Å². The molecule has 0 radical (unpaired) electrons. The Balaban J connectivity index is 1.25. The molecular formula is C26H25ClN8O3. The van der Waals surface area contributed by atoms with Crippen molar-refractivity contribution in [1.29, 1.82) is 0 Å². The third kappa shape index (κ3) is 3.98. The van der Waals surface area contributed by atoms with Crippen molar-refractivity contribution in [1.82, 2.24) is 33.7 Å². The lowest BCUT2D eigenvalue weighted by Crippen LogP contribution is -2.30. The largest absolute Gasteiger partial charge is 0.450 e. The van der Waals surface area contributed by atoms with Crippen LogP contribution in [0.4, 0.5) is 11.6 Å². The molecule has 5 aromatic heterocycles. The number of pyridine rings is 2. The molecule has 0 spiro atoms. The first-order valence-electron chi connectivity index (χ1n) is 12.6. The summed E-state index contributed by atoms with van der Waals surface area (Å²) in [5.41, 5.74) is 3.32. The summed E-state index contributed by atoms with van der Waals surface area (Å²) >= 11 is 6.79. The maximum atomic E-state index is 13.5. The van der Waals surface area contributed by atoms with Gasteiger partial charge in [-0.1, -0.05) is 11.6 Å². The summed E-state index contributed by atoms with van der Waals surface area (Å²) in [7, 11) is 1.83. The van der Waals surface area contributed by atoms with Gasteiger partial charge in [0.1, 0.15) is 21.7 Å². The molecular weight excluding hydrogens is 508 g/mol. The average molecular weight is 533 g/mol. The van der Waals surface area contributed by atoms with Crippen LogP contribution in [0.1, 0.15) is 43.2 Å². The van der Waals surface area contributed by atoms with E-state index in [1.807, 2.05) is 23.9 Å². The van der Waals surface area contributed by atoms with Crippen molar-refractivity contribution in [2.24, 2.45) is 7.05 Å². The first kappa shape index (κ1) is 23.2. The molecule has 0 atom stereocenters. The number of aryl methyl sites for hydroxylation is 1. The van der Waals surface area contributed by atoms with E-state index in [0.717, 1.165) is 25.7 Å². The number of halogens is 1. The van der Waals surface area contributed by atoms with Crippen LogP contribution in [0.15, 0.2) is 48.0 Å². The molecule has 11 nitrogen and oxygen atoms in total. The Kier molecular flexibility index (Phi) is 5.55. The van der Waals surface area contributed by atoms with Gasteiger partial charge in [0.25, 0.3) is 5.56 Å². The van der Waals surface area contributed by atoms with Gasteiger partial charge in [-0.25, -0.2) is 9.50 Å². The minimum absolute atomic E-state index is 0.0712. The maximum absolute atomic E-state index is 13.5. The zero-order valence-electron chi connectivity index (χ0n) is 20.7. The molecule has 1 saturated carbocycles. The number of fused-ring (bicyclic) bond motifs is 2. The SMILES string of the molecule is Cn1c(Nc2cc(C3CC3)cn(C3CCOCC3)c2=O)nc2ncc(Oc3cnn4ccncc34)c(Cl)c21. The molecule has 1 aliphatic carbocycles. The zero-order valence-corrected chi connectivity index (χ0v) is 21.4. The molecule has 0 amide bonds. The van der Waals surface area contributed by atoms with Gasteiger partial charge in [0.2, 0.25) is 5.95 Å². The van der Waals surface area contributed by atoms with Crippen LogP contribution in [0.25, 0.3) is 16.7 Å². The van der Waals surface area contributed by atoms with Gasteiger partial charge >= 0.3 is 0 Å². The highest BCUT2D eigenvalue weighted by molar-refractivity contribution is 6.36. The van der Waals surface area contributed by atoms with E-state index in [-0.39, 0.29) is 11.6 Å². The maximum Gasteiger partial charge on any atom is 0.274 e. The van der Waals surface area contributed by atoms with Gasteiger partial charge in [-0.05, 0) is 43.2 Å². The minimum atomic E-state index is -0.0712. The predicted octanol–water partition coefficient (Wildman–Crippen LogP) is 4.59. The van der Waals surface area contributed by atoms with E-state index in [0.29, 0.717) is 64.0 Å². The van der Waals surface area contributed by atoms with E-state index in [1.54, 1.807) is 33.9 Å². The fraction of sp³-hybridized carbons (Fsp3) is 0.346. The summed E-state index contributed by atoms with van der Waals surface area (Å²) in [6.45, 7) is 1.33. The number of hydrogen-bond donors (Lipinski definition) is 1. The van der Waals surface area contributed by atoms with Gasteiger partial charge in [0.05, 0.1) is 18.6 Å². The molecule has 1 N–H and O–H groups in total. The van der Waals surface area contributed by atoms with E-state index in [9.17, 15) is 4.79 Å². The summed E-state index contributed by atoms with van der Waals surface area (Å²) in [4.78, 5) is 26.8. The fourth-order valence-electron chi connectivity index (χ4n) is 5.01. The highest BCUT2D eigenvalue weighted by Gasteiger charge is 2.28. The number of rotatable bonds is 6. The van der Waals surface area contributed by atoms with Crippen LogP contribution in [0.2, 0.25) is 5.02 Å². The lowest BCUT2D eigenvalue weighted by molar-refractivity contribution is 0.0686. The lowest BCUT2D eigenvalue weighted by Gasteiger charge is -2.25. The number of nitrogens with zero attached hydrogens (tertiary/aromatic N) is 7. The first-order valence-corrected chi connectivity index (χ1v) is 13.0. The Hall–Kier alpha value is -3.96. The van der Waals surface area contributed by atoms with Crippen molar-refractivity contribution in [3.63, 3.8) is 0 Å². The van der Waals surface area contributed by atoms with Crippen LogP contribution in [-0.2, 0) is 11.8 Å². The number of anilines is 2. The van der Waals surface area contributed by atoms with Crippen molar-refractivity contribution in [3.05, 3.63) is 64.2 Å². The smallest absolute Gasteiger partial charge is 0.274 e. The van der Waals surface area contributed by atoms with Gasteiger partial charge in [0.15, 0.2) is 17.1 Å². The summed E-state index contributed by atoms with van der Waals surface area (Å²) in [5.74, 6) is 1.83. The molecule has 0 unspecified atom stereocenters. The molecule has 6 heterocycles. The van der Waals surface area contributed by atoms with Crippen LogP contribution in [0.5, 0.6) is 11.5 Å². The molecule has 2 aliphatic rings. The average Bonchev–Trinajstić information content (AvgIpc) is 3.64. The third-order valence-corrected chi connectivity index (χ3v) is 7.62. The van der Waals surface area contributed by atoms with Gasteiger partial charge in [-0.2, -0.15) is 10.1 Å². The first-order chi connectivity index (χ1) is 18.6. The van der Waals surface area contributed by atoms with Crippen molar-refractivity contribution in [2.45, 2.75) is 37.6 Å². The van der Waals surface area contributed by atoms with Crippen LogP contribution in [-0.4, -0.2) is 46.9 Å². The van der Waals surface area contributed by atoms with Crippen LogP contribution in [0, 0.1) is 0 Å². The van der Waals surface area contributed by atoms with Gasteiger partial charge in [-0.3, -0.25) is 9.78 Å². The molecule has 5 aromatic rings. The number of hydrogen-bond acceptors (Lipinski definition) is 8. The highest BCUT2D eigenvalue weighted by Crippen LogP contribution is 2.41. The Morgan fingerprint density at radius 3 is 2.79 bits per heavy atom. The minimum Gasteiger partial charge on any atom is -0.450 e. The molecule has 7 rings (SSSR count). The molecule has 12 heteroatoms. The molecule has 1 aliphatic heterocycles. The summed E-state index contributed by atoms with van der Waals surface area (Å²) < 4.78 is 16.9. The standard InChI is InChI=1S/C26H25ClN8O3/c1-33-23-22(27)21(38-20-13-30-35-7-6-28-11-19(20)35)12-29-24(23)32-26(33)31-18-10-16(15-2-3-15)14-34(25(18)36)17-4-8-37-9-5-17/h6-7,10-15,17H,2-5,8-9H2,1H3,(H,29,31,32). The second kappa shape index (κ2) is 9.10. The molecule has 38 heavy (non-hydrogen) atoms. The van der Waals surface area contributed by atoms with E-state index >= 15 is 0 Å². The molecule has 2 fully saturated rings. The Morgan fingerprint density at radius 2 is 1.97 bits per heavy atom. The van der Waals surface area contributed by atoms with E-state index in [4.69, 9.17) is 21.1 Å². The Morgan fingerprint density at radius 1 is 1.13 bits per heavy atom. The van der Waals surface area contributed by atoms with Crippen molar-refractivity contribution in [2.75, 3.05) is 18.5 Å². The molecule has 0 aromatic carbocycles. The zero-order chi connectivity index (χ0) is 25.8. The molecule has 1 saturated heterocycles.